The Kier molecular flexibility index (Phi) is 6.38. The molecule has 2 saturated heterocycles. The van der Waals surface area contributed by atoms with Crippen molar-refractivity contribution in [1.29, 1.82) is 0 Å². The second-order valence-electron chi connectivity index (χ2n) is 11.6. The summed E-state index contributed by atoms with van der Waals surface area (Å²) in [5, 5.41) is 0. The number of imidazole rings is 1. The van der Waals surface area contributed by atoms with Crippen molar-refractivity contribution in [2.45, 2.75) is 19.2 Å². The Hall–Kier alpha value is -5.82. The molecule has 0 unspecified atom stereocenters. The van der Waals surface area contributed by atoms with Gasteiger partial charge in [0.25, 0.3) is 0 Å². The number of urea groups is 1. The fraction of sp³-hybridized carbons (Fsp3) is 0.200. The van der Waals surface area contributed by atoms with Gasteiger partial charge in [0, 0.05) is 62.6 Å². The van der Waals surface area contributed by atoms with E-state index in [0.29, 0.717) is 38.4 Å². The number of carbonyl (C=O) groups is 2. The van der Waals surface area contributed by atoms with E-state index in [0.717, 1.165) is 45.1 Å². The molecule has 3 aromatic carbocycles. The Morgan fingerprint density at radius 3 is 2.64 bits per heavy atom. The lowest BCUT2D eigenvalue weighted by molar-refractivity contribution is 0.0682. The van der Waals surface area contributed by atoms with Gasteiger partial charge in [-0.1, -0.05) is 54.6 Å². The third-order valence-electron chi connectivity index (χ3n) is 8.89. The summed E-state index contributed by atoms with van der Waals surface area (Å²) in [6.45, 7) is 9.93. The van der Waals surface area contributed by atoms with Gasteiger partial charge in [0.1, 0.15) is 6.61 Å². The van der Waals surface area contributed by atoms with Crippen molar-refractivity contribution in [3.63, 3.8) is 0 Å². The van der Waals surface area contributed by atoms with E-state index in [9.17, 15) is 9.59 Å². The number of hydrogen-bond donors (Lipinski definition) is 0. The fourth-order valence-corrected chi connectivity index (χ4v) is 6.59. The summed E-state index contributed by atoms with van der Waals surface area (Å²) in [5.41, 5.74) is 7.56. The van der Waals surface area contributed by atoms with Crippen LogP contribution in [-0.2, 0) is 17.9 Å². The quantitative estimate of drug-likeness (QED) is 0.228. The molecule has 0 radical (unpaired) electrons. The van der Waals surface area contributed by atoms with Crippen LogP contribution in [0, 0.1) is 6.57 Å². The van der Waals surface area contributed by atoms with Crippen LogP contribution in [0.2, 0.25) is 0 Å². The Balaban J connectivity index is 1.03. The summed E-state index contributed by atoms with van der Waals surface area (Å²) in [5.74, 6) is 0.846. The van der Waals surface area contributed by atoms with Gasteiger partial charge in [-0.2, -0.15) is 0 Å². The molecule has 10 heteroatoms. The lowest BCUT2D eigenvalue weighted by atomic mass is 10.1. The Morgan fingerprint density at radius 1 is 0.978 bits per heavy atom. The van der Waals surface area contributed by atoms with Gasteiger partial charge in [-0.3, -0.25) is 9.47 Å². The Bertz CT molecular complexity index is 1970. The summed E-state index contributed by atoms with van der Waals surface area (Å²) in [7, 11) is 0. The lowest BCUT2D eigenvalue weighted by Gasteiger charge is -2.35. The molecular weight excluding hydrogens is 566 g/mol. The highest BCUT2D eigenvalue weighted by molar-refractivity contribution is 5.95. The molecule has 1 atom stereocenters. The number of benzene rings is 3. The highest BCUT2D eigenvalue weighted by Gasteiger charge is 2.42. The van der Waals surface area contributed by atoms with Crippen molar-refractivity contribution < 1.29 is 14.3 Å². The number of aromatic nitrogens is 3. The van der Waals surface area contributed by atoms with Crippen molar-refractivity contribution in [3.05, 3.63) is 120 Å². The monoisotopic (exact) mass is 595 g/mol. The lowest BCUT2D eigenvalue weighted by Crippen LogP contribution is -2.53. The van der Waals surface area contributed by atoms with Crippen LogP contribution in [0.25, 0.3) is 33.2 Å². The van der Waals surface area contributed by atoms with Crippen LogP contribution in [0.15, 0.2) is 97.5 Å². The van der Waals surface area contributed by atoms with E-state index in [4.69, 9.17) is 16.3 Å². The zero-order valence-electron chi connectivity index (χ0n) is 24.4. The smallest absolute Gasteiger partial charge is 0.410 e. The minimum Gasteiger partial charge on any atom is -0.445 e. The topological polar surface area (TPSA) is 80.2 Å². The number of ether oxygens (including phenoxy) is 1. The number of amides is 3. The van der Waals surface area contributed by atoms with Crippen LogP contribution in [-0.4, -0.2) is 68.3 Å². The first-order valence-corrected chi connectivity index (χ1v) is 14.9. The van der Waals surface area contributed by atoms with Crippen molar-refractivity contribution in [2.24, 2.45) is 0 Å². The van der Waals surface area contributed by atoms with E-state index in [1.807, 2.05) is 76.7 Å². The summed E-state index contributed by atoms with van der Waals surface area (Å²) >= 11 is 0. The Morgan fingerprint density at radius 2 is 1.82 bits per heavy atom. The summed E-state index contributed by atoms with van der Waals surface area (Å²) in [4.78, 5) is 40.1. The normalized spacial score (nSPS) is 16.7. The number of piperazine rings is 1. The average molecular weight is 596 g/mol. The number of fused-ring (bicyclic) bond motifs is 6. The minimum atomic E-state index is -0.352. The minimum absolute atomic E-state index is 0.0407. The van der Waals surface area contributed by atoms with Gasteiger partial charge in [-0.15, -0.1) is 0 Å². The molecule has 222 valence electrons. The van der Waals surface area contributed by atoms with Crippen molar-refractivity contribution in [1.82, 2.24) is 23.9 Å². The van der Waals surface area contributed by atoms with Gasteiger partial charge in [-0.05, 0) is 41.0 Å². The van der Waals surface area contributed by atoms with Gasteiger partial charge in [0.15, 0.2) is 11.5 Å². The van der Waals surface area contributed by atoms with Crippen molar-refractivity contribution in [3.8, 4) is 28.3 Å². The van der Waals surface area contributed by atoms with Gasteiger partial charge in [0.05, 0.1) is 24.0 Å². The predicted octanol–water partition coefficient (Wildman–Crippen LogP) is 6.18. The van der Waals surface area contributed by atoms with E-state index in [1.54, 1.807) is 11.1 Å². The summed E-state index contributed by atoms with van der Waals surface area (Å²) in [6.07, 6.45) is 5.54. The van der Waals surface area contributed by atoms with Crippen LogP contribution in [0.4, 0.5) is 21.0 Å². The second-order valence-corrected chi connectivity index (χ2v) is 11.6. The molecule has 3 amide bonds. The number of nitrogens with zero attached hydrogens (tertiary/aromatic N) is 7. The molecule has 3 aliphatic heterocycles. The maximum absolute atomic E-state index is 13.6. The van der Waals surface area contributed by atoms with Gasteiger partial charge in [-0.25, -0.2) is 19.4 Å². The first kappa shape index (κ1) is 26.8. The fourth-order valence-electron chi connectivity index (χ4n) is 6.59. The molecule has 3 aliphatic rings. The van der Waals surface area contributed by atoms with E-state index < -0.39 is 0 Å². The highest BCUT2D eigenvalue weighted by atomic mass is 16.6. The van der Waals surface area contributed by atoms with Gasteiger partial charge >= 0.3 is 12.1 Å². The Labute approximate surface area is 260 Å². The summed E-state index contributed by atoms with van der Waals surface area (Å²) < 4.78 is 9.86. The molecule has 0 N–H and O–H groups in total. The van der Waals surface area contributed by atoms with Crippen LogP contribution in [0.3, 0.4) is 0 Å². The first-order valence-electron chi connectivity index (χ1n) is 14.9. The van der Waals surface area contributed by atoms with Crippen molar-refractivity contribution in [2.75, 3.05) is 31.1 Å². The largest absolute Gasteiger partial charge is 0.445 e. The molecular formula is C35H29N7O3. The van der Waals surface area contributed by atoms with E-state index >= 15 is 0 Å². The number of anilines is 1. The zero-order chi connectivity index (χ0) is 30.5. The van der Waals surface area contributed by atoms with Crippen molar-refractivity contribution >= 4 is 23.5 Å². The van der Waals surface area contributed by atoms with Gasteiger partial charge in [0.2, 0.25) is 0 Å². The third kappa shape index (κ3) is 4.69. The number of rotatable bonds is 4. The van der Waals surface area contributed by atoms with Crippen LogP contribution < -0.4 is 4.90 Å². The molecule has 2 aromatic heterocycles. The maximum atomic E-state index is 13.6. The molecule has 5 aromatic rings. The van der Waals surface area contributed by atoms with E-state index in [1.165, 1.54) is 0 Å². The number of hydrogen-bond acceptors (Lipinski definition) is 4. The SMILES string of the molecule is [C-]#[N+]c1ccc(-c2cc3n(c2)Cc2cc(N4C[C@H]5CN(C(=O)OCc6ccccc6)CCN5C4=O)ccc2-n2ccnc2-3)cc1. The second kappa shape index (κ2) is 10.7. The molecule has 10 nitrogen and oxygen atoms in total. The molecule has 0 saturated carbocycles. The van der Waals surface area contributed by atoms with E-state index in [-0.39, 0.29) is 24.8 Å². The molecule has 0 aliphatic carbocycles. The maximum Gasteiger partial charge on any atom is 0.410 e. The molecule has 5 heterocycles. The summed E-state index contributed by atoms with van der Waals surface area (Å²) in [6, 6.07) is 25.4. The van der Waals surface area contributed by atoms with E-state index in [2.05, 4.69) is 38.4 Å². The molecule has 8 rings (SSSR count). The van der Waals surface area contributed by atoms with Crippen LogP contribution in [0.5, 0.6) is 0 Å². The number of carbonyl (C=O) groups excluding carboxylic acids is 2. The van der Waals surface area contributed by atoms with Gasteiger partial charge < -0.3 is 19.1 Å². The third-order valence-corrected chi connectivity index (χ3v) is 8.89. The average Bonchev–Trinajstić information content (AvgIpc) is 3.80. The van der Waals surface area contributed by atoms with Crippen LogP contribution >= 0.6 is 0 Å². The molecule has 0 bridgehead atoms. The van der Waals surface area contributed by atoms with Crippen LogP contribution in [0.1, 0.15) is 11.1 Å². The molecule has 0 spiro atoms. The molecule has 45 heavy (non-hydrogen) atoms. The highest BCUT2D eigenvalue weighted by Crippen LogP contribution is 2.36. The zero-order valence-corrected chi connectivity index (χ0v) is 24.4. The molecule has 2 fully saturated rings. The standard InChI is InChI=1S/C35H29N7O3/c1-36-28-9-7-25(8-10-28)26-18-32-33-37-13-14-41(33)31-12-11-29(17-27(31)20-39(32)19-26)42-22-30-21-38(15-16-40(30)34(42)43)35(44)45-23-24-5-3-2-4-6-24/h2-14,17-19,30H,15-16,20-23H2/t30-/m1/s1. The predicted molar refractivity (Wildman–Crippen MR) is 169 cm³/mol. The first-order chi connectivity index (χ1) is 22.1.